The molecule has 3 aliphatic heterocycles. The zero-order chi connectivity index (χ0) is 19.3. The molecule has 140 valence electrons. The highest BCUT2D eigenvalue weighted by Crippen LogP contribution is 2.83. The number of carbonyl (C=O) groups excluding carboxylic acids is 6. The Morgan fingerprint density at radius 3 is 1.74 bits per heavy atom. The first-order valence-electron chi connectivity index (χ1n) is 9.13. The molecule has 3 aliphatic carbocycles. The summed E-state index contributed by atoms with van der Waals surface area (Å²) in [4.78, 5) is 81.0. The Hall–Kier alpha value is -2.58. The zero-order valence-corrected chi connectivity index (χ0v) is 14.9. The number of piperidine rings is 1. The van der Waals surface area contributed by atoms with Crippen LogP contribution in [0.4, 0.5) is 0 Å². The molecule has 0 spiro atoms. The van der Waals surface area contributed by atoms with Crippen LogP contribution in [0.2, 0.25) is 0 Å². The Morgan fingerprint density at radius 1 is 0.593 bits per heavy atom. The smallest absolute Gasteiger partial charge is 0.236 e. The van der Waals surface area contributed by atoms with Crippen LogP contribution in [0.3, 0.4) is 0 Å². The van der Waals surface area contributed by atoms with Gasteiger partial charge in [0.05, 0.1) is 29.1 Å². The van der Waals surface area contributed by atoms with E-state index >= 15 is 0 Å². The van der Waals surface area contributed by atoms with Gasteiger partial charge < -0.3 is 0 Å². The van der Waals surface area contributed by atoms with Gasteiger partial charge in [0.1, 0.15) is 0 Å². The van der Waals surface area contributed by atoms with E-state index in [-0.39, 0.29) is 5.91 Å². The van der Waals surface area contributed by atoms with Crippen molar-refractivity contribution in [1.82, 2.24) is 14.7 Å². The lowest BCUT2D eigenvalue weighted by Crippen LogP contribution is -2.61. The Bertz CT molecular complexity index is 943. The topological polar surface area (TPSA) is 112 Å². The van der Waals surface area contributed by atoms with Crippen LogP contribution in [0.5, 0.6) is 0 Å². The molecule has 9 nitrogen and oxygen atoms in total. The fraction of sp³-hybridized carbons (Fsp3) is 0.667. The van der Waals surface area contributed by atoms with Crippen molar-refractivity contribution in [3.63, 3.8) is 0 Å². The number of imide groups is 3. The normalized spacial score (nSPS) is 51.9. The average Bonchev–Trinajstić information content (AvgIpc) is 3.26. The summed E-state index contributed by atoms with van der Waals surface area (Å²) in [5.74, 6) is -8.08. The molecule has 0 aromatic carbocycles. The van der Waals surface area contributed by atoms with E-state index in [2.05, 4.69) is 0 Å². The monoisotopic (exact) mass is 371 g/mol. The predicted octanol–water partition coefficient (Wildman–Crippen LogP) is -2.06. The molecule has 6 fully saturated rings. The summed E-state index contributed by atoms with van der Waals surface area (Å²) in [6.07, 6.45) is 0. The number of nitrogens with zero attached hydrogens (tertiary/aromatic N) is 3. The third-order valence-electron chi connectivity index (χ3n) is 8.39. The Labute approximate surface area is 153 Å². The molecule has 6 aliphatic rings. The van der Waals surface area contributed by atoms with E-state index in [1.807, 2.05) is 0 Å². The largest absolute Gasteiger partial charge is 0.285 e. The maximum absolute atomic E-state index is 13.3. The van der Waals surface area contributed by atoms with Crippen molar-refractivity contribution in [2.24, 2.45) is 52.8 Å². The number of hydrogen-bond acceptors (Lipinski definition) is 6. The molecule has 9 heteroatoms. The molecule has 0 aromatic rings. The lowest BCUT2D eigenvalue weighted by atomic mass is 9.56. The summed E-state index contributed by atoms with van der Waals surface area (Å²) < 4.78 is 0. The molecule has 4 bridgehead atoms. The number of carbonyl (C=O) groups is 6. The van der Waals surface area contributed by atoms with E-state index in [1.165, 1.54) is 21.1 Å². The standard InChI is InChI=1S/C18H17N3O6/c1-19-12(22)5-4-6-9-10(8(5)14(19)24)18(9,17(27)21(3)15(6)25)11-7(4)13(23)20(2)16(11)26/h4-11H,1-3H3. The van der Waals surface area contributed by atoms with Gasteiger partial charge in [-0.15, -0.1) is 0 Å². The van der Waals surface area contributed by atoms with Crippen LogP contribution in [0, 0.1) is 52.8 Å². The molecule has 3 heterocycles. The van der Waals surface area contributed by atoms with Gasteiger partial charge in [0.25, 0.3) is 0 Å². The number of likely N-dealkylation sites (tertiary alicyclic amines) is 3. The quantitative estimate of drug-likeness (QED) is 0.453. The van der Waals surface area contributed by atoms with Gasteiger partial charge in [-0.2, -0.15) is 0 Å². The second-order valence-electron chi connectivity index (χ2n) is 8.82. The molecule has 3 saturated carbocycles. The lowest BCUT2D eigenvalue weighted by Gasteiger charge is -2.47. The summed E-state index contributed by atoms with van der Waals surface area (Å²) in [6, 6.07) is 0. The lowest BCUT2D eigenvalue weighted by molar-refractivity contribution is -0.169. The average molecular weight is 371 g/mol. The number of rotatable bonds is 0. The highest BCUT2D eigenvalue weighted by atomic mass is 16.2. The first-order chi connectivity index (χ1) is 12.7. The second kappa shape index (κ2) is 3.98. The van der Waals surface area contributed by atoms with Crippen LogP contribution < -0.4 is 0 Å². The van der Waals surface area contributed by atoms with Gasteiger partial charge in [-0.3, -0.25) is 43.5 Å². The van der Waals surface area contributed by atoms with Gasteiger partial charge >= 0.3 is 0 Å². The van der Waals surface area contributed by atoms with Crippen LogP contribution in [0.25, 0.3) is 0 Å². The van der Waals surface area contributed by atoms with Crippen molar-refractivity contribution in [3.05, 3.63) is 0 Å². The molecule has 6 amide bonds. The molecular weight excluding hydrogens is 354 g/mol. The maximum atomic E-state index is 13.3. The highest BCUT2D eigenvalue weighted by molar-refractivity contribution is 6.17. The fourth-order valence-electron chi connectivity index (χ4n) is 7.55. The van der Waals surface area contributed by atoms with Crippen LogP contribution in [0.1, 0.15) is 0 Å². The minimum absolute atomic E-state index is 0.358. The van der Waals surface area contributed by atoms with Crippen molar-refractivity contribution in [2.45, 2.75) is 0 Å². The first kappa shape index (κ1) is 15.5. The SMILES string of the molecule is CN1C(=O)C2C(C1=O)C1C3C4C(=O)N(C)C(=O)C13C1C(=O)N(C)C(=O)C1C24. The van der Waals surface area contributed by atoms with Crippen molar-refractivity contribution < 1.29 is 28.8 Å². The molecule has 9 unspecified atom stereocenters. The number of hydrogen-bond donors (Lipinski definition) is 0. The summed E-state index contributed by atoms with van der Waals surface area (Å²) in [5.41, 5.74) is -1.20. The third kappa shape index (κ3) is 1.18. The van der Waals surface area contributed by atoms with Gasteiger partial charge in [0, 0.05) is 27.1 Å². The number of fused-ring (bicyclic) bond motifs is 5. The van der Waals surface area contributed by atoms with Crippen molar-refractivity contribution in [1.29, 1.82) is 0 Å². The van der Waals surface area contributed by atoms with Crippen molar-refractivity contribution in [3.8, 4) is 0 Å². The van der Waals surface area contributed by atoms with Gasteiger partial charge in [-0.05, 0) is 17.8 Å². The molecule has 27 heavy (non-hydrogen) atoms. The summed E-state index contributed by atoms with van der Waals surface area (Å²) >= 11 is 0. The van der Waals surface area contributed by atoms with Gasteiger partial charge in [-0.1, -0.05) is 0 Å². The predicted molar refractivity (Wildman–Crippen MR) is 83.7 cm³/mol. The minimum atomic E-state index is -1.20. The van der Waals surface area contributed by atoms with E-state index in [0.29, 0.717) is 0 Å². The van der Waals surface area contributed by atoms with Crippen LogP contribution in [-0.4, -0.2) is 71.3 Å². The molecule has 6 rings (SSSR count). The number of amides is 6. The van der Waals surface area contributed by atoms with Crippen LogP contribution in [-0.2, 0) is 28.8 Å². The van der Waals surface area contributed by atoms with Gasteiger partial charge in [0.15, 0.2) is 0 Å². The summed E-state index contributed by atoms with van der Waals surface area (Å²) in [6.45, 7) is 0. The Morgan fingerprint density at radius 2 is 1.07 bits per heavy atom. The summed E-state index contributed by atoms with van der Waals surface area (Å²) in [5, 5.41) is 0. The molecule has 9 atom stereocenters. The summed E-state index contributed by atoms with van der Waals surface area (Å²) in [7, 11) is 4.18. The van der Waals surface area contributed by atoms with Gasteiger partial charge in [-0.25, -0.2) is 0 Å². The fourth-order valence-corrected chi connectivity index (χ4v) is 7.55. The van der Waals surface area contributed by atoms with Crippen molar-refractivity contribution >= 4 is 35.4 Å². The van der Waals surface area contributed by atoms with E-state index in [0.717, 1.165) is 14.7 Å². The van der Waals surface area contributed by atoms with Gasteiger partial charge in [0.2, 0.25) is 35.4 Å². The third-order valence-corrected chi connectivity index (χ3v) is 8.39. The Balaban J connectivity index is 1.67. The highest BCUT2D eigenvalue weighted by Gasteiger charge is 2.93. The van der Waals surface area contributed by atoms with Crippen LogP contribution >= 0.6 is 0 Å². The molecule has 0 aromatic heterocycles. The minimum Gasteiger partial charge on any atom is -0.285 e. The van der Waals surface area contributed by atoms with E-state index in [1.54, 1.807) is 0 Å². The van der Waals surface area contributed by atoms with E-state index in [4.69, 9.17) is 0 Å². The second-order valence-corrected chi connectivity index (χ2v) is 8.82. The maximum Gasteiger partial charge on any atom is 0.236 e. The molecular formula is C18H17N3O6. The van der Waals surface area contributed by atoms with Crippen molar-refractivity contribution in [2.75, 3.05) is 21.1 Å². The van der Waals surface area contributed by atoms with Crippen LogP contribution in [0.15, 0.2) is 0 Å². The van der Waals surface area contributed by atoms with E-state index in [9.17, 15) is 28.8 Å². The first-order valence-corrected chi connectivity index (χ1v) is 9.13. The Kier molecular flexibility index (Phi) is 2.28. The molecule has 0 radical (unpaired) electrons. The molecule has 0 N–H and O–H groups in total. The molecule has 3 saturated heterocycles. The van der Waals surface area contributed by atoms with E-state index < -0.39 is 82.3 Å². The zero-order valence-electron chi connectivity index (χ0n) is 14.9.